The third-order valence-electron chi connectivity index (χ3n) is 1.33. The van der Waals surface area contributed by atoms with Crippen molar-refractivity contribution in [3.63, 3.8) is 0 Å². The van der Waals surface area contributed by atoms with Gasteiger partial charge in [-0.2, -0.15) is 12.6 Å². The molecular weight excluding hydrogens is 188 g/mol. The number of hydrogen-bond donors (Lipinski definition) is 1. The first kappa shape index (κ1) is 9.86. The van der Waals surface area contributed by atoms with Gasteiger partial charge in [-0.25, -0.2) is 9.97 Å². The highest BCUT2D eigenvalue weighted by molar-refractivity contribution is 7.99. The van der Waals surface area contributed by atoms with Crippen molar-refractivity contribution in [2.24, 2.45) is 0 Å². The average molecular weight is 200 g/mol. The summed E-state index contributed by atoms with van der Waals surface area (Å²) in [5, 5.41) is 0.872. The third kappa shape index (κ3) is 3.97. The zero-order valence-corrected chi connectivity index (χ0v) is 8.52. The Morgan fingerprint density at radius 1 is 1.25 bits per heavy atom. The van der Waals surface area contributed by atoms with E-state index in [0.717, 1.165) is 16.7 Å². The number of nitrogens with zero attached hydrogens (tertiary/aromatic N) is 2. The van der Waals surface area contributed by atoms with Gasteiger partial charge in [0, 0.05) is 18.1 Å². The lowest BCUT2D eigenvalue weighted by Crippen LogP contribution is -1.86. The lowest BCUT2D eigenvalue weighted by atomic mass is 10.4. The molecule has 0 aliphatic rings. The van der Waals surface area contributed by atoms with Crippen LogP contribution < -0.4 is 0 Å². The summed E-state index contributed by atoms with van der Waals surface area (Å²) in [5.41, 5.74) is 0. The Balaban J connectivity index is 2.16. The normalized spacial score (nSPS) is 10.1. The molecule has 1 rings (SSSR count). The van der Waals surface area contributed by atoms with E-state index in [4.69, 9.17) is 0 Å². The Bertz CT molecular complexity index is 203. The molecule has 0 saturated heterocycles. The van der Waals surface area contributed by atoms with Gasteiger partial charge in [0.05, 0.1) is 0 Å². The molecule has 0 saturated carbocycles. The smallest absolute Gasteiger partial charge is 0.187 e. The Morgan fingerprint density at radius 3 is 2.67 bits per heavy atom. The summed E-state index contributed by atoms with van der Waals surface area (Å²) in [6.07, 6.45) is 5.90. The molecule has 12 heavy (non-hydrogen) atoms. The van der Waals surface area contributed by atoms with Crippen LogP contribution in [0.2, 0.25) is 0 Å². The molecule has 66 valence electrons. The number of rotatable bonds is 5. The van der Waals surface area contributed by atoms with E-state index in [2.05, 4.69) is 22.6 Å². The molecule has 1 heterocycles. The molecule has 1 aromatic heterocycles. The zero-order valence-electron chi connectivity index (χ0n) is 6.81. The van der Waals surface area contributed by atoms with Gasteiger partial charge in [0.25, 0.3) is 0 Å². The lowest BCUT2D eigenvalue weighted by molar-refractivity contribution is 0.899. The molecule has 0 N–H and O–H groups in total. The number of aromatic nitrogens is 2. The Morgan fingerprint density at radius 2 is 2.00 bits per heavy atom. The number of thioether (sulfide) groups is 1. The summed E-state index contributed by atoms with van der Waals surface area (Å²) in [6, 6.07) is 1.83. The lowest BCUT2D eigenvalue weighted by Gasteiger charge is -1.97. The van der Waals surface area contributed by atoms with E-state index in [9.17, 15) is 0 Å². The molecule has 0 bridgehead atoms. The highest BCUT2D eigenvalue weighted by atomic mass is 32.2. The van der Waals surface area contributed by atoms with Gasteiger partial charge in [0.2, 0.25) is 0 Å². The van der Waals surface area contributed by atoms with Crippen LogP contribution in [0.3, 0.4) is 0 Å². The summed E-state index contributed by atoms with van der Waals surface area (Å²) >= 11 is 5.84. The largest absolute Gasteiger partial charge is 0.231 e. The second kappa shape index (κ2) is 6.31. The van der Waals surface area contributed by atoms with Crippen molar-refractivity contribution < 1.29 is 0 Å². The van der Waals surface area contributed by atoms with Crippen molar-refractivity contribution >= 4 is 24.4 Å². The highest BCUT2D eigenvalue weighted by Crippen LogP contribution is 2.12. The molecule has 0 unspecified atom stereocenters. The molecule has 0 fully saturated rings. The predicted molar refractivity (Wildman–Crippen MR) is 55.8 cm³/mol. The van der Waals surface area contributed by atoms with Gasteiger partial charge in [0.1, 0.15) is 0 Å². The van der Waals surface area contributed by atoms with Gasteiger partial charge in [0.15, 0.2) is 5.16 Å². The van der Waals surface area contributed by atoms with Crippen LogP contribution in [0.4, 0.5) is 0 Å². The summed E-state index contributed by atoms with van der Waals surface area (Å²) in [6.45, 7) is 0. The summed E-state index contributed by atoms with van der Waals surface area (Å²) in [4.78, 5) is 8.22. The van der Waals surface area contributed by atoms with Crippen LogP contribution in [0, 0.1) is 0 Å². The van der Waals surface area contributed by atoms with Gasteiger partial charge >= 0.3 is 0 Å². The molecule has 4 heteroatoms. The average Bonchev–Trinajstić information content (AvgIpc) is 2.14. The maximum absolute atomic E-state index is 4.14. The second-order valence-corrected chi connectivity index (χ2v) is 3.82. The monoisotopic (exact) mass is 200 g/mol. The molecule has 0 aromatic carbocycles. The minimum Gasteiger partial charge on any atom is -0.231 e. The van der Waals surface area contributed by atoms with E-state index < -0.39 is 0 Å². The SMILES string of the molecule is SCCCCSc1ncccn1. The summed E-state index contributed by atoms with van der Waals surface area (Å²) in [5.74, 6) is 2.06. The number of thiol groups is 1. The van der Waals surface area contributed by atoms with E-state index in [1.807, 2.05) is 6.07 Å². The fourth-order valence-electron chi connectivity index (χ4n) is 0.737. The van der Waals surface area contributed by atoms with E-state index in [1.54, 1.807) is 24.2 Å². The molecule has 2 nitrogen and oxygen atoms in total. The van der Waals surface area contributed by atoms with Crippen LogP contribution in [0.1, 0.15) is 12.8 Å². The first-order valence-corrected chi connectivity index (χ1v) is 5.56. The molecule has 0 aliphatic heterocycles. The maximum atomic E-state index is 4.14. The quantitative estimate of drug-likeness (QED) is 0.342. The summed E-state index contributed by atoms with van der Waals surface area (Å²) in [7, 11) is 0. The van der Waals surface area contributed by atoms with Crippen LogP contribution in [-0.2, 0) is 0 Å². The van der Waals surface area contributed by atoms with Crippen molar-refractivity contribution in [3.05, 3.63) is 18.5 Å². The van der Waals surface area contributed by atoms with Gasteiger partial charge in [-0.05, 0) is 24.7 Å². The molecule has 0 atom stereocenters. The minimum absolute atomic E-state index is 0.872. The Hall–Kier alpha value is -0.220. The molecule has 0 radical (unpaired) electrons. The van der Waals surface area contributed by atoms with E-state index in [1.165, 1.54) is 12.8 Å². The van der Waals surface area contributed by atoms with E-state index in [0.29, 0.717) is 0 Å². The predicted octanol–water partition coefficient (Wildman–Crippen LogP) is 2.28. The van der Waals surface area contributed by atoms with Crippen molar-refractivity contribution in [2.45, 2.75) is 18.0 Å². The molecule has 0 amide bonds. The van der Waals surface area contributed by atoms with Crippen LogP contribution in [0.15, 0.2) is 23.6 Å². The molecule has 1 aromatic rings. The van der Waals surface area contributed by atoms with Crippen LogP contribution in [-0.4, -0.2) is 21.5 Å². The van der Waals surface area contributed by atoms with Crippen LogP contribution in [0.25, 0.3) is 0 Å². The number of unbranched alkanes of at least 4 members (excludes halogenated alkanes) is 1. The highest BCUT2D eigenvalue weighted by Gasteiger charge is 1.93. The van der Waals surface area contributed by atoms with Gasteiger partial charge in [-0.15, -0.1) is 0 Å². The van der Waals surface area contributed by atoms with Crippen molar-refractivity contribution in [2.75, 3.05) is 11.5 Å². The maximum Gasteiger partial charge on any atom is 0.187 e. The van der Waals surface area contributed by atoms with Crippen molar-refractivity contribution in [1.82, 2.24) is 9.97 Å². The van der Waals surface area contributed by atoms with E-state index >= 15 is 0 Å². The minimum atomic E-state index is 0.872. The second-order valence-electron chi connectivity index (χ2n) is 2.31. The standard InChI is InChI=1S/C8H12N2S2/c11-6-1-2-7-12-8-9-4-3-5-10-8/h3-5,11H,1-2,6-7H2. The van der Waals surface area contributed by atoms with Crippen LogP contribution in [0.5, 0.6) is 0 Å². The zero-order chi connectivity index (χ0) is 8.65. The van der Waals surface area contributed by atoms with Crippen molar-refractivity contribution in [3.8, 4) is 0 Å². The molecule has 0 aliphatic carbocycles. The van der Waals surface area contributed by atoms with Crippen LogP contribution >= 0.6 is 24.4 Å². The van der Waals surface area contributed by atoms with Gasteiger partial charge in [-0.3, -0.25) is 0 Å². The van der Waals surface area contributed by atoms with Gasteiger partial charge < -0.3 is 0 Å². The topological polar surface area (TPSA) is 25.8 Å². The van der Waals surface area contributed by atoms with E-state index in [-0.39, 0.29) is 0 Å². The summed E-state index contributed by atoms with van der Waals surface area (Å²) < 4.78 is 0. The van der Waals surface area contributed by atoms with Gasteiger partial charge in [-0.1, -0.05) is 11.8 Å². The first-order valence-electron chi connectivity index (χ1n) is 3.94. The fourth-order valence-corrected chi connectivity index (χ4v) is 1.76. The Kier molecular flexibility index (Phi) is 5.19. The molecule has 0 spiro atoms. The first-order chi connectivity index (χ1) is 5.93. The fraction of sp³-hybridized carbons (Fsp3) is 0.500. The Labute approximate surface area is 82.6 Å². The van der Waals surface area contributed by atoms with Crippen molar-refractivity contribution in [1.29, 1.82) is 0 Å². The number of hydrogen-bond acceptors (Lipinski definition) is 4. The third-order valence-corrected chi connectivity index (χ3v) is 2.60. The molecular formula is C8H12N2S2.